The number of aromatic nitrogens is 1. The van der Waals surface area contributed by atoms with E-state index in [1.54, 1.807) is 33.0 Å². The number of ether oxygens (including phenoxy) is 4. The SMILES string of the molecule is COc1cccc(OC)c1P(c1c(OC)cccc1OC)c1cc(C(C)(C)C)cc2c3cc(C(C)(C)C)ccc3n(C(N)=O)c12. The predicted molar refractivity (Wildman–Crippen MR) is 187 cm³/mol. The Morgan fingerprint density at radius 3 is 1.49 bits per heavy atom. The van der Waals surface area contributed by atoms with E-state index < -0.39 is 14.0 Å². The number of carbonyl (C=O) groups is 1. The van der Waals surface area contributed by atoms with Gasteiger partial charge in [-0.05, 0) is 70.5 Å². The summed E-state index contributed by atoms with van der Waals surface area (Å²) in [6, 6.07) is 21.7. The van der Waals surface area contributed by atoms with Gasteiger partial charge in [-0.1, -0.05) is 59.7 Å². The van der Waals surface area contributed by atoms with Gasteiger partial charge in [0.15, 0.2) is 0 Å². The lowest BCUT2D eigenvalue weighted by molar-refractivity contribution is 0.252. The summed E-state index contributed by atoms with van der Waals surface area (Å²) in [6.45, 7) is 13.2. The summed E-state index contributed by atoms with van der Waals surface area (Å²) in [7, 11) is 5.06. The summed E-state index contributed by atoms with van der Waals surface area (Å²) in [4.78, 5) is 13.5. The summed E-state index contributed by atoms with van der Waals surface area (Å²) in [6.07, 6.45) is 0. The first-order valence-corrected chi connectivity index (χ1v) is 16.3. The largest absolute Gasteiger partial charge is 0.496 e. The van der Waals surface area contributed by atoms with E-state index in [-0.39, 0.29) is 10.8 Å². The molecule has 1 amide bonds. The van der Waals surface area contributed by atoms with Gasteiger partial charge in [-0.25, -0.2) is 4.79 Å². The van der Waals surface area contributed by atoms with Crippen molar-refractivity contribution in [2.45, 2.75) is 52.4 Å². The fourth-order valence-electron chi connectivity index (χ4n) is 5.88. The summed E-state index contributed by atoms with van der Waals surface area (Å²) in [5.41, 5.74) is 9.71. The molecule has 7 nitrogen and oxygen atoms in total. The van der Waals surface area contributed by atoms with Gasteiger partial charge in [0.2, 0.25) is 0 Å². The van der Waals surface area contributed by atoms with Crippen molar-refractivity contribution in [3.63, 3.8) is 0 Å². The molecule has 236 valence electrons. The highest BCUT2D eigenvalue weighted by atomic mass is 31.1. The van der Waals surface area contributed by atoms with Gasteiger partial charge in [0.1, 0.15) is 23.0 Å². The average molecular weight is 627 g/mol. The van der Waals surface area contributed by atoms with Crippen molar-refractivity contribution in [3.05, 3.63) is 77.9 Å². The quantitative estimate of drug-likeness (QED) is 0.195. The van der Waals surface area contributed by atoms with Gasteiger partial charge < -0.3 is 24.7 Å². The number of fused-ring (bicyclic) bond motifs is 3. The highest BCUT2D eigenvalue weighted by molar-refractivity contribution is 7.81. The lowest BCUT2D eigenvalue weighted by atomic mass is 9.85. The zero-order chi connectivity index (χ0) is 32.8. The number of hydrogen-bond donors (Lipinski definition) is 1. The summed E-state index contributed by atoms with van der Waals surface area (Å²) in [5.74, 6) is 2.61. The van der Waals surface area contributed by atoms with E-state index in [1.807, 2.05) is 42.5 Å². The molecule has 8 heteroatoms. The fourth-order valence-corrected chi connectivity index (χ4v) is 8.83. The van der Waals surface area contributed by atoms with Crippen LogP contribution in [0.15, 0.2) is 66.7 Å². The van der Waals surface area contributed by atoms with E-state index in [1.165, 1.54) is 5.56 Å². The molecule has 0 atom stereocenters. The standard InChI is InChI=1S/C37H43N2O5P/c1-36(2,3)22-17-18-26-24(19-22)25-20-23(37(4,5)6)21-31(32(25)39(26)35(38)40)45(33-27(41-7)13-11-14-28(33)42-8)34-29(43-9)15-12-16-30(34)44-10/h11-21H,1-10H3,(H2,38,40). The molecule has 0 saturated heterocycles. The molecule has 4 aromatic carbocycles. The number of methoxy groups -OCH3 is 4. The van der Waals surface area contributed by atoms with E-state index in [0.717, 1.165) is 43.3 Å². The Morgan fingerprint density at radius 1 is 0.644 bits per heavy atom. The van der Waals surface area contributed by atoms with Crippen LogP contribution < -0.4 is 40.6 Å². The van der Waals surface area contributed by atoms with Crippen LogP contribution in [0.3, 0.4) is 0 Å². The second-order valence-corrected chi connectivity index (χ2v) is 15.2. The van der Waals surface area contributed by atoms with Gasteiger partial charge in [-0.2, -0.15) is 0 Å². The molecule has 0 saturated carbocycles. The molecule has 1 aromatic heterocycles. The predicted octanol–water partition coefficient (Wildman–Crippen LogP) is 7.11. The number of carbonyl (C=O) groups excluding carboxylic acids is 1. The zero-order valence-corrected chi connectivity index (χ0v) is 28.8. The number of hydrogen-bond acceptors (Lipinski definition) is 5. The molecule has 5 aromatic rings. The summed E-state index contributed by atoms with van der Waals surface area (Å²) < 4.78 is 25.7. The van der Waals surface area contributed by atoms with Crippen LogP contribution in [0.1, 0.15) is 52.7 Å². The van der Waals surface area contributed by atoms with Crippen LogP contribution in [0.25, 0.3) is 21.8 Å². The molecule has 0 aliphatic heterocycles. The molecule has 0 unspecified atom stereocenters. The zero-order valence-electron chi connectivity index (χ0n) is 27.9. The van der Waals surface area contributed by atoms with Crippen molar-refractivity contribution in [1.29, 1.82) is 0 Å². The topological polar surface area (TPSA) is 84.9 Å². The Labute approximate surface area is 267 Å². The number of benzene rings is 4. The minimum Gasteiger partial charge on any atom is -0.496 e. The highest BCUT2D eigenvalue weighted by Gasteiger charge is 2.34. The third-order valence-corrected chi connectivity index (χ3v) is 10.9. The van der Waals surface area contributed by atoms with Gasteiger partial charge in [0, 0.05) is 24.0 Å². The molecule has 0 bridgehead atoms. The van der Waals surface area contributed by atoms with E-state index >= 15 is 0 Å². The van der Waals surface area contributed by atoms with Crippen molar-refractivity contribution < 1.29 is 23.7 Å². The molecule has 0 spiro atoms. The van der Waals surface area contributed by atoms with Crippen LogP contribution in [0, 0.1) is 0 Å². The molecule has 45 heavy (non-hydrogen) atoms. The first-order valence-electron chi connectivity index (χ1n) is 14.9. The monoisotopic (exact) mass is 626 g/mol. The number of nitrogens with two attached hydrogens (primary N) is 1. The highest BCUT2D eigenvalue weighted by Crippen LogP contribution is 2.49. The molecular formula is C37H43N2O5P. The van der Waals surface area contributed by atoms with Crippen LogP contribution in [-0.2, 0) is 10.8 Å². The Balaban J connectivity index is 2.10. The molecular weight excluding hydrogens is 583 g/mol. The number of primary amides is 1. The van der Waals surface area contributed by atoms with Crippen LogP contribution in [0.4, 0.5) is 4.79 Å². The van der Waals surface area contributed by atoms with Gasteiger partial charge in [-0.15, -0.1) is 0 Å². The molecule has 1 heterocycles. The molecule has 0 radical (unpaired) electrons. The number of amides is 1. The number of nitrogens with zero attached hydrogens (tertiary/aromatic N) is 1. The maximum Gasteiger partial charge on any atom is 0.323 e. The van der Waals surface area contributed by atoms with E-state index in [0.29, 0.717) is 23.0 Å². The van der Waals surface area contributed by atoms with Crippen molar-refractivity contribution in [3.8, 4) is 23.0 Å². The number of rotatable bonds is 7. The average Bonchev–Trinajstić information content (AvgIpc) is 3.34. The maximum absolute atomic E-state index is 13.5. The smallest absolute Gasteiger partial charge is 0.323 e. The second-order valence-electron chi connectivity index (χ2n) is 13.2. The van der Waals surface area contributed by atoms with Crippen LogP contribution in [-0.4, -0.2) is 39.0 Å². The molecule has 5 rings (SSSR count). The van der Waals surface area contributed by atoms with E-state index in [9.17, 15) is 4.79 Å². The lowest BCUT2D eigenvalue weighted by Gasteiger charge is -2.29. The Kier molecular flexibility index (Phi) is 8.54. The van der Waals surface area contributed by atoms with Gasteiger partial charge >= 0.3 is 6.03 Å². The van der Waals surface area contributed by atoms with Gasteiger partial charge in [0.25, 0.3) is 0 Å². The van der Waals surface area contributed by atoms with E-state index in [4.69, 9.17) is 24.7 Å². The normalized spacial score (nSPS) is 12.2. The van der Waals surface area contributed by atoms with Crippen LogP contribution in [0.2, 0.25) is 0 Å². The van der Waals surface area contributed by atoms with Crippen LogP contribution >= 0.6 is 7.92 Å². The van der Waals surface area contributed by atoms with E-state index in [2.05, 4.69) is 65.8 Å². The second kappa shape index (κ2) is 11.9. The third-order valence-electron chi connectivity index (χ3n) is 8.29. The summed E-state index contributed by atoms with van der Waals surface area (Å²) in [5, 5.41) is 4.50. The fraction of sp³-hybridized carbons (Fsp3) is 0.324. The van der Waals surface area contributed by atoms with Crippen molar-refractivity contribution in [1.82, 2.24) is 4.57 Å². The lowest BCUT2D eigenvalue weighted by Crippen LogP contribution is -2.29. The first-order chi connectivity index (χ1) is 21.3. The maximum atomic E-state index is 13.5. The Bertz CT molecular complexity index is 1810. The van der Waals surface area contributed by atoms with Crippen molar-refractivity contribution in [2.24, 2.45) is 5.73 Å². The molecule has 0 aliphatic carbocycles. The van der Waals surface area contributed by atoms with Crippen molar-refractivity contribution >= 4 is 51.7 Å². The Hall–Kier alpha value is -4.22. The molecule has 2 N–H and O–H groups in total. The first kappa shape index (κ1) is 32.2. The molecule has 0 fully saturated rings. The third kappa shape index (κ3) is 5.59. The van der Waals surface area contributed by atoms with Gasteiger partial charge in [0.05, 0.1) is 50.1 Å². The van der Waals surface area contributed by atoms with Crippen molar-refractivity contribution in [2.75, 3.05) is 28.4 Å². The minimum atomic E-state index is -1.55. The molecule has 0 aliphatic rings. The van der Waals surface area contributed by atoms with Gasteiger partial charge in [-0.3, -0.25) is 4.57 Å². The Morgan fingerprint density at radius 2 is 1.09 bits per heavy atom. The summed E-state index contributed by atoms with van der Waals surface area (Å²) >= 11 is 0. The van der Waals surface area contributed by atoms with Crippen LogP contribution in [0.5, 0.6) is 23.0 Å². The minimum absolute atomic E-state index is 0.0953.